The number of rotatable bonds is 8. The van der Waals surface area contributed by atoms with Crippen molar-refractivity contribution in [1.29, 1.82) is 0 Å². The third-order valence-electron chi connectivity index (χ3n) is 4.46. The summed E-state index contributed by atoms with van der Waals surface area (Å²) in [5.41, 5.74) is 0.577. The smallest absolute Gasteiger partial charge is 0.422 e. The third kappa shape index (κ3) is 5.82. The summed E-state index contributed by atoms with van der Waals surface area (Å²) in [6.45, 7) is -1.51. The van der Waals surface area contributed by atoms with Crippen molar-refractivity contribution in [2.45, 2.75) is 35.7 Å². The van der Waals surface area contributed by atoms with E-state index < -0.39 is 28.5 Å². The van der Waals surface area contributed by atoms with Gasteiger partial charge in [0.05, 0.1) is 39.7 Å². The van der Waals surface area contributed by atoms with Crippen molar-refractivity contribution in [2.24, 2.45) is 0 Å². The minimum absolute atomic E-state index is 0.0116. The van der Waals surface area contributed by atoms with E-state index in [0.717, 1.165) is 17.5 Å². The number of nitrogens with one attached hydrogen (secondary N) is 1. The Morgan fingerprint density at radius 2 is 2.00 bits per heavy atom. The molecular formula is C19H16F3N5O4S2. The van der Waals surface area contributed by atoms with Crippen molar-refractivity contribution in [1.82, 2.24) is 25.3 Å². The standard InChI is InChI=1S/C19H16F3N5O4S2/c20-19(21,22)10-31-16-9-23-7-14(27-16)15-8-26-18(32-15)17(28)25-6-11-5-13(3-4-24-11)33(29,30)12-1-2-12/h3-5,7-9,12H,1-2,6,10H2,(H,25,28). The highest BCUT2D eigenvalue weighted by Gasteiger charge is 2.37. The molecule has 0 radical (unpaired) electrons. The molecule has 174 valence electrons. The summed E-state index contributed by atoms with van der Waals surface area (Å²) in [6.07, 6.45) is 1.86. The van der Waals surface area contributed by atoms with Gasteiger partial charge in [-0.3, -0.25) is 14.8 Å². The summed E-state index contributed by atoms with van der Waals surface area (Å²) in [6, 6.07) is 2.86. The second-order valence-corrected chi connectivity index (χ2v) is 10.3. The van der Waals surface area contributed by atoms with E-state index >= 15 is 0 Å². The first-order chi connectivity index (χ1) is 15.6. The molecule has 4 rings (SSSR count). The number of carbonyl (C=O) groups is 1. The Balaban J connectivity index is 1.40. The van der Waals surface area contributed by atoms with E-state index in [2.05, 4.69) is 30.0 Å². The van der Waals surface area contributed by atoms with Crippen molar-refractivity contribution >= 4 is 27.1 Å². The molecule has 0 bridgehead atoms. The topological polar surface area (TPSA) is 124 Å². The van der Waals surface area contributed by atoms with E-state index in [4.69, 9.17) is 0 Å². The Kier molecular flexibility index (Phi) is 6.30. The minimum Gasteiger partial charge on any atom is -0.467 e. The zero-order valence-corrected chi connectivity index (χ0v) is 18.4. The van der Waals surface area contributed by atoms with E-state index in [1.54, 1.807) is 0 Å². The maximum absolute atomic E-state index is 12.4. The van der Waals surface area contributed by atoms with E-state index in [0.29, 0.717) is 23.4 Å². The highest BCUT2D eigenvalue weighted by Crippen LogP contribution is 2.33. The normalized spacial score (nSPS) is 14.2. The van der Waals surface area contributed by atoms with Gasteiger partial charge in [-0.25, -0.2) is 18.4 Å². The maximum atomic E-state index is 12.4. The van der Waals surface area contributed by atoms with Gasteiger partial charge >= 0.3 is 6.18 Å². The number of aromatic nitrogens is 4. The Morgan fingerprint density at radius 3 is 2.73 bits per heavy atom. The number of sulfone groups is 1. The zero-order chi connectivity index (χ0) is 23.6. The summed E-state index contributed by atoms with van der Waals surface area (Å²) < 4.78 is 66.2. The Labute approximate surface area is 190 Å². The predicted molar refractivity (Wildman–Crippen MR) is 110 cm³/mol. The molecule has 0 aromatic carbocycles. The number of amides is 1. The van der Waals surface area contributed by atoms with Gasteiger partial charge in [-0.05, 0) is 25.0 Å². The van der Waals surface area contributed by atoms with Gasteiger partial charge in [-0.2, -0.15) is 13.2 Å². The van der Waals surface area contributed by atoms with Crippen LogP contribution in [0.5, 0.6) is 5.88 Å². The first-order valence-corrected chi connectivity index (χ1v) is 11.9. The molecule has 3 heterocycles. The average Bonchev–Trinajstić information content (AvgIpc) is 3.54. The molecule has 1 aliphatic rings. The lowest BCUT2D eigenvalue weighted by molar-refractivity contribution is -0.154. The SMILES string of the molecule is O=C(NCc1cc(S(=O)(=O)C2CC2)ccn1)c1ncc(-c2cncc(OCC(F)(F)F)n2)s1. The van der Waals surface area contributed by atoms with Gasteiger partial charge in [-0.1, -0.05) is 0 Å². The fourth-order valence-corrected chi connectivity index (χ4v) is 5.22. The Morgan fingerprint density at radius 1 is 1.21 bits per heavy atom. The van der Waals surface area contributed by atoms with Gasteiger partial charge in [0, 0.05) is 12.4 Å². The lowest BCUT2D eigenvalue weighted by Gasteiger charge is -2.08. The van der Waals surface area contributed by atoms with Crippen LogP contribution in [0.2, 0.25) is 0 Å². The molecular weight excluding hydrogens is 483 g/mol. The molecule has 1 saturated carbocycles. The largest absolute Gasteiger partial charge is 0.467 e. The van der Waals surface area contributed by atoms with Crippen LogP contribution in [0.1, 0.15) is 28.3 Å². The molecule has 3 aromatic rings. The lowest BCUT2D eigenvalue weighted by atomic mass is 10.3. The lowest BCUT2D eigenvalue weighted by Crippen LogP contribution is -2.23. The minimum atomic E-state index is -4.51. The zero-order valence-electron chi connectivity index (χ0n) is 16.7. The van der Waals surface area contributed by atoms with E-state index in [1.165, 1.54) is 30.7 Å². The molecule has 9 nitrogen and oxygen atoms in total. The first kappa shape index (κ1) is 23.0. The van der Waals surface area contributed by atoms with Crippen molar-refractivity contribution in [2.75, 3.05) is 6.61 Å². The molecule has 0 aliphatic heterocycles. The van der Waals surface area contributed by atoms with Crippen LogP contribution in [0.4, 0.5) is 13.2 Å². The summed E-state index contributed by atoms with van der Waals surface area (Å²) in [5.74, 6) is -0.836. The molecule has 1 amide bonds. The van der Waals surface area contributed by atoms with Gasteiger partial charge in [-0.15, -0.1) is 11.3 Å². The number of hydrogen-bond acceptors (Lipinski definition) is 9. The number of thiazole rings is 1. The number of alkyl halides is 3. The van der Waals surface area contributed by atoms with Crippen LogP contribution in [0, 0.1) is 0 Å². The van der Waals surface area contributed by atoms with Crippen LogP contribution in [0.3, 0.4) is 0 Å². The van der Waals surface area contributed by atoms with Gasteiger partial charge in [0.1, 0.15) is 5.69 Å². The number of halogens is 3. The molecule has 1 fully saturated rings. The number of nitrogens with zero attached hydrogens (tertiary/aromatic N) is 4. The molecule has 1 N–H and O–H groups in total. The Hall–Kier alpha value is -3.13. The number of pyridine rings is 1. The summed E-state index contributed by atoms with van der Waals surface area (Å²) in [7, 11) is -3.37. The van der Waals surface area contributed by atoms with Crippen molar-refractivity contribution < 1.29 is 31.1 Å². The van der Waals surface area contributed by atoms with Gasteiger partial charge in [0.25, 0.3) is 5.91 Å². The van der Waals surface area contributed by atoms with E-state index in [9.17, 15) is 26.4 Å². The third-order valence-corrected chi connectivity index (χ3v) is 7.74. The number of ether oxygens (including phenoxy) is 1. The van der Waals surface area contributed by atoms with Gasteiger partial charge in [0.2, 0.25) is 5.88 Å². The highest BCUT2D eigenvalue weighted by molar-refractivity contribution is 7.92. The second kappa shape index (κ2) is 9.02. The molecule has 1 aliphatic carbocycles. The average molecular weight is 499 g/mol. The van der Waals surface area contributed by atoms with Crippen LogP contribution in [0.25, 0.3) is 10.6 Å². The summed E-state index contributed by atoms with van der Waals surface area (Å²) in [4.78, 5) is 28.9. The number of hydrogen-bond donors (Lipinski definition) is 1. The van der Waals surface area contributed by atoms with Crippen LogP contribution in [0.15, 0.2) is 41.8 Å². The Bertz CT molecular complexity index is 1280. The van der Waals surface area contributed by atoms with Gasteiger partial charge < -0.3 is 10.1 Å². The van der Waals surface area contributed by atoms with Crippen LogP contribution in [-0.4, -0.2) is 52.3 Å². The van der Waals surface area contributed by atoms with E-state index in [-0.39, 0.29) is 33.3 Å². The maximum Gasteiger partial charge on any atom is 0.422 e. The van der Waals surface area contributed by atoms with Crippen LogP contribution in [-0.2, 0) is 16.4 Å². The summed E-state index contributed by atoms with van der Waals surface area (Å²) in [5, 5.41) is 2.35. The van der Waals surface area contributed by atoms with E-state index in [1.807, 2.05) is 0 Å². The van der Waals surface area contributed by atoms with Crippen LogP contribution < -0.4 is 10.1 Å². The molecule has 33 heavy (non-hydrogen) atoms. The summed E-state index contributed by atoms with van der Waals surface area (Å²) >= 11 is 0.961. The molecule has 14 heteroatoms. The monoisotopic (exact) mass is 499 g/mol. The molecule has 0 saturated heterocycles. The second-order valence-electron chi connectivity index (χ2n) is 7.09. The van der Waals surface area contributed by atoms with Crippen molar-refractivity contribution in [3.05, 3.63) is 47.6 Å². The van der Waals surface area contributed by atoms with Crippen molar-refractivity contribution in [3.63, 3.8) is 0 Å². The van der Waals surface area contributed by atoms with Crippen LogP contribution >= 0.6 is 11.3 Å². The fraction of sp³-hybridized carbons (Fsp3) is 0.316. The van der Waals surface area contributed by atoms with Crippen molar-refractivity contribution in [3.8, 4) is 16.5 Å². The molecule has 0 unspecified atom stereocenters. The quantitative estimate of drug-likeness (QED) is 0.502. The molecule has 3 aromatic heterocycles. The molecule has 0 atom stereocenters. The first-order valence-electron chi connectivity index (χ1n) is 9.57. The number of carbonyl (C=O) groups excluding carboxylic acids is 1. The highest BCUT2D eigenvalue weighted by atomic mass is 32.2. The predicted octanol–water partition coefficient (Wildman–Crippen LogP) is 2.80. The molecule has 0 spiro atoms. The fourth-order valence-electron chi connectivity index (χ4n) is 2.74. The van der Waals surface area contributed by atoms with Gasteiger partial charge in [0.15, 0.2) is 21.5 Å².